The maximum Gasteiger partial charge on any atom is 0.444 e. The maximum absolute atomic E-state index is 12.2. The zero-order valence-electron chi connectivity index (χ0n) is 18.3. The average molecular weight is 405 g/mol. The van der Waals surface area contributed by atoms with Crippen LogP contribution in [0.15, 0.2) is 0 Å². The summed E-state index contributed by atoms with van der Waals surface area (Å²) in [5.74, 6) is -0.0397. The van der Waals surface area contributed by atoms with E-state index in [1.165, 1.54) is 0 Å². The first kappa shape index (κ1) is 26.1. The van der Waals surface area contributed by atoms with Crippen LogP contribution in [0.3, 0.4) is 0 Å². The lowest BCUT2D eigenvalue weighted by atomic mass is 10.2. The summed E-state index contributed by atoms with van der Waals surface area (Å²) in [5, 5.41) is 3.25. The molecule has 28 heavy (non-hydrogen) atoms. The predicted molar refractivity (Wildman–Crippen MR) is 104 cm³/mol. The molecule has 0 saturated heterocycles. The molecule has 0 aliphatic carbocycles. The molecule has 0 unspecified atom stereocenters. The molecule has 9 heteroatoms. The van der Waals surface area contributed by atoms with Crippen molar-refractivity contribution in [2.45, 2.75) is 78.4 Å². The molecule has 0 aromatic heterocycles. The molecular formula is C19H36N2O7. The van der Waals surface area contributed by atoms with E-state index in [1.807, 2.05) is 0 Å². The number of amides is 3. The van der Waals surface area contributed by atoms with Crippen molar-refractivity contribution in [3.8, 4) is 0 Å². The van der Waals surface area contributed by atoms with Gasteiger partial charge in [0.25, 0.3) is 0 Å². The van der Waals surface area contributed by atoms with Crippen LogP contribution in [-0.2, 0) is 23.8 Å². The standard InChI is InChI=1S/C19H36N2O7/c1-18(2,3)27-16(23)21(17(24)28-19(4,5)6)26-13-10-8-9-11-15(22)20-12-14-25-7/h8-14H2,1-7H3,(H,20,22). The first-order valence-electron chi connectivity index (χ1n) is 9.50. The van der Waals surface area contributed by atoms with Gasteiger partial charge in [-0.1, -0.05) is 11.5 Å². The molecule has 164 valence electrons. The average Bonchev–Trinajstić information content (AvgIpc) is 2.50. The van der Waals surface area contributed by atoms with Gasteiger partial charge in [0.05, 0.1) is 13.2 Å². The number of ether oxygens (including phenoxy) is 3. The summed E-state index contributed by atoms with van der Waals surface area (Å²) in [5.41, 5.74) is -1.56. The molecule has 0 bridgehead atoms. The largest absolute Gasteiger partial charge is 0.444 e. The Hall–Kier alpha value is -1.87. The van der Waals surface area contributed by atoms with Gasteiger partial charge >= 0.3 is 12.2 Å². The lowest BCUT2D eigenvalue weighted by Gasteiger charge is -2.27. The Morgan fingerprint density at radius 2 is 1.36 bits per heavy atom. The van der Waals surface area contributed by atoms with Gasteiger partial charge in [0, 0.05) is 20.1 Å². The van der Waals surface area contributed by atoms with Gasteiger partial charge in [-0.3, -0.25) is 9.63 Å². The van der Waals surface area contributed by atoms with Gasteiger partial charge in [-0.15, -0.1) is 0 Å². The Bertz CT molecular complexity index is 467. The normalized spacial score (nSPS) is 11.7. The zero-order chi connectivity index (χ0) is 21.8. The summed E-state index contributed by atoms with van der Waals surface area (Å²) in [6.07, 6.45) is 0.465. The van der Waals surface area contributed by atoms with E-state index in [0.29, 0.717) is 43.9 Å². The number of nitrogens with one attached hydrogen (secondary N) is 1. The Kier molecular flexibility index (Phi) is 11.7. The number of methoxy groups -OCH3 is 1. The van der Waals surface area contributed by atoms with E-state index < -0.39 is 23.4 Å². The molecule has 0 saturated carbocycles. The third kappa shape index (κ3) is 14.2. The Balaban J connectivity index is 4.40. The molecule has 0 aliphatic heterocycles. The Labute approximate surface area is 168 Å². The third-order valence-electron chi connectivity index (χ3n) is 3.02. The smallest absolute Gasteiger partial charge is 0.442 e. The second-order valence-corrected chi connectivity index (χ2v) is 8.24. The minimum Gasteiger partial charge on any atom is -0.442 e. The lowest BCUT2D eigenvalue weighted by molar-refractivity contribution is -0.139. The number of imide groups is 1. The van der Waals surface area contributed by atoms with Crippen LogP contribution in [0.25, 0.3) is 0 Å². The minimum atomic E-state index is -0.931. The zero-order valence-corrected chi connectivity index (χ0v) is 18.3. The topological polar surface area (TPSA) is 103 Å². The van der Waals surface area contributed by atoms with E-state index in [-0.39, 0.29) is 12.5 Å². The van der Waals surface area contributed by atoms with Gasteiger partial charge in [-0.25, -0.2) is 9.59 Å². The Morgan fingerprint density at radius 3 is 1.82 bits per heavy atom. The second kappa shape index (κ2) is 12.6. The second-order valence-electron chi connectivity index (χ2n) is 8.24. The minimum absolute atomic E-state index is 0.0397. The highest BCUT2D eigenvalue weighted by Crippen LogP contribution is 2.15. The highest BCUT2D eigenvalue weighted by atomic mass is 16.8. The summed E-state index contributed by atoms with van der Waals surface area (Å²) in [6, 6.07) is 0. The van der Waals surface area contributed by atoms with Crippen molar-refractivity contribution in [2.75, 3.05) is 26.9 Å². The molecule has 0 atom stereocenters. The van der Waals surface area contributed by atoms with E-state index in [2.05, 4.69) is 5.32 Å². The molecular weight excluding hydrogens is 368 g/mol. The lowest BCUT2D eigenvalue weighted by Crippen LogP contribution is -2.43. The fourth-order valence-electron chi connectivity index (χ4n) is 1.89. The first-order valence-corrected chi connectivity index (χ1v) is 9.50. The van der Waals surface area contributed by atoms with Crippen LogP contribution in [-0.4, -0.2) is 61.2 Å². The van der Waals surface area contributed by atoms with Gasteiger partial charge < -0.3 is 19.5 Å². The van der Waals surface area contributed by atoms with Gasteiger partial charge in [0.1, 0.15) is 11.2 Å². The van der Waals surface area contributed by atoms with Crippen LogP contribution >= 0.6 is 0 Å². The van der Waals surface area contributed by atoms with E-state index >= 15 is 0 Å². The van der Waals surface area contributed by atoms with E-state index in [1.54, 1.807) is 48.7 Å². The summed E-state index contributed by atoms with van der Waals surface area (Å²) in [7, 11) is 1.57. The molecule has 0 spiro atoms. The van der Waals surface area contributed by atoms with Gasteiger partial charge in [0.2, 0.25) is 5.91 Å². The van der Waals surface area contributed by atoms with Crippen molar-refractivity contribution in [2.24, 2.45) is 0 Å². The van der Waals surface area contributed by atoms with Crippen LogP contribution in [0.5, 0.6) is 0 Å². The number of hydrogen-bond acceptors (Lipinski definition) is 7. The Morgan fingerprint density at radius 1 is 0.821 bits per heavy atom. The van der Waals surface area contributed by atoms with E-state index in [4.69, 9.17) is 19.0 Å². The number of nitrogens with zero attached hydrogens (tertiary/aromatic N) is 1. The molecule has 3 amide bonds. The van der Waals surface area contributed by atoms with E-state index in [9.17, 15) is 14.4 Å². The molecule has 0 aliphatic rings. The van der Waals surface area contributed by atoms with Crippen molar-refractivity contribution >= 4 is 18.1 Å². The molecule has 0 rings (SSSR count). The van der Waals surface area contributed by atoms with Gasteiger partial charge in [-0.2, -0.15) is 0 Å². The summed E-state index contributed by atoms with van der Waals surface area (Å²) in [6.45, 7) is 11.2. The van der Waals surface area contributed by atoms with Crippen LogP contribution < -0.4 is 5.32 Å². The molecule has 0 radical (unpaired) electrons. The molecule has 1 N–H and O–H groups in total. The number of hydroxylamine groups is 2. The number of carbonyl (C=O) groups excluding carboxylic acids is 3. The SMILES string of the molecule is COCCNC(=O)CCCCCON(C(=O)OC(C)(C)C)C(=O)OC(C)(C)C. The number of carbonyl (C=O) groups is 3. The fourth-order valence-corrected chi connectivity index (χ4v) is 1.89. The molecule has 0 aromatic carbocycles. The number of unbranched alkanes of at least 4 members (excludes halogenated alkanes) is 2. The van der Waals surface area contributed by atoms with Crippen LogP contribution in [0.4, 0.5) is 9.59 Å². The van der Waals surface area contributed by atoms with Crippen LogP contribution in [0.2, 0.25) is 0 Å². The summed E-state index contributed by atoms with van der Waals surface area (Å²) >= 11 is 0. The van der Waals surface area contributed by atoms with Gasteiger partial charge in [-0.05, 0) is 54.4 Å². The highest BCUT2D eigenvalue weighted by molar-refractivity contribution is 5.86. The number of hydrogen-bond donors (Lipinski definition) is 1. The summed E-state index contributed by atoms with van der Waals surface area (Å²) < 4.78 is 15.2. The molecule has 9 nitrogen and oxygen atoms in total. The van der Waals surface area contributed by atoms with Crippen LogP contribution in [0, 0.1) is 0 Å². The molecule has 0 fully saturated rings. The maximum atomic E-state index is 12.2. The van der Waals surface area contributed by atoms with Crippen molar-refractivity contribution < 1.29 is 33.4 Å². The van der Waals surface area contributed by atoms with E-state index in [0.717, 1.165) is 0 Å². The summed E-state index contributed by atoms with van der Waals surface area (Å²) in [4.78, 5) is 41.4. The van der Waals surface area contributed by atoms with Crippen LogP contribution in [0.1, 0.15) is 67.2 Å². The molecule has 0 heterocycles. The fraction of sp³-hybridized carbons (Fsp3) is 0.842. The molecule has 0 aromatic rings. The van der Waals surface area contributed by atoms with Crippen molar-refractivity contribution in [1.29, 1.82) is 0 Å². The van der Waals surface area contributed by atoms with Crippen molar-refractivity contribution in [3.63, 3.8) is 0 Å². The first-order chi connectivity index (χ1) is 12.9. The van der Waals surface area contributed by atoms with Crippen molar-refractivity contribution in [3.05, 3.63) is 0 Å². The van der Waals surface area contributed by atoms with Gasteiger partial charge in [0.15, 0.2) is 0 Å². The van der Waals surface area contributed by atoms with Crippen molar-refractivity contribution in [1.82, 2.24) is 10.4 Å². The third-order valence-corrected chi connectivity index (χ3v) is 3.02. The monoisotopic (exact) mass is 404 g/mol. The predicted octanol–water partition coefficient (Wildman–Crippen LogP) is 3.41. The highest BCUT2D eigenvalue weighted by Gasteiger charge is 2.32. The quantitative estimate of drug-likeness (QED) is 0.439. The number of rotatable bonds is 10.